The molecule has 30 heavy (non-hydrogen) atoms. The summed E-state index contributed by atoms with van der Waals surface area (Å²) in [7, 11) is 0. The minimum atomic E-state index is -0.813. The van der Waals surface area contributed by atoms with E-state index in [-0.39, 0.29) is 19.1 Å². The number of rotatable bonds is 7. The Morgan fingerprint density at radius 1 is 1.20 bits per heavy atom. The van der Waals surface area contributed by atoms with Crippen LogP contribution in [0.3, 0.4) is 0 Å². The molecule has 2 aromatic rings. The highest BCUT2D eigenvalue weighted by molar-refractivity contribution is 6.31. The number of aryl methyl sites for hydroxylation is 1. The van der Waals surface area contributed by atoms with E-state index < -0.39 is 23.3 Å². The third-order valence-corrected chi connectivity index (χ3v) is 4.88. The lowest BCUT2D eigenvalue weighted by Gasteiger charge is -2.31. The summed E-state index contributed by atoms with van der Waals surface area (Å²) in [5, 5.41) is 3.46. The van der Waals surface area contributed by atoms with Crippen molar-refractivity contribution in [3.05, 3.63) is 64.4 Å². The number of nitrogens with zero attached hydrogens (tertiary/aromatic N) is 1. The molecule has 162 valence electrons. The Labute approximate surface area is 182 Å². The maximum Gasteiger partial charge on any atom is 0.261 e. The van der Waals surface area contributed by atoms with Gasteiger partial charge in [0.25, 0.3) is 5.91 Å². The molecule has 0 saturated heterocycles. The Morgan fingerprint density at radius 2 is 1.87 bits per heavy atom. The van der Waals surface area contributed by atoms with Crippen LogP contribution in [0.1, 0.15) is 38.8 Å². The van der Waals surface area contributed by atoms with Crippen molar-refractivity contribution in [2.24, 2.45) is 0 Å². The van der Waals surface area contributed by atoms with Crippen molar-refractivity contribution in [1.29, 1.82) is 0 Å². The predicted molar refractivity (Wildman–Crippen MR) is 116 cm³/mol. The van der Waals surface area contributed by atoms with Crippen molar-refractivity contribution in [3.63, 3.8) is 0 Å². The Balaban J connectivity index is 2.20. The molecular weight excluding hydrogens is 407 g/mol. The lowest BCUT2D eigenvalue weighted by molar-refractivity contribution is -0.142. The average molecular weight is 435 g/mol. The van der Waals surface area contributed by atoms with Crippen LogP contribution >= 0.6 is 11.6 Å². The van der Waals surface area contributed by atoms with Gasteiger partial charge >= 0.3 is 0 Å². The zero-order chi connectivity index (χ0) is 22.5. The Morgan fingerprint density at radius 3 is 2.47 bits per heavy atom. The van der Waals surface area contributed by atoms with E-state index in [1.165, 1.54) is 11.0 Å². The molecule has 0 aliphatic heterocycles. The fourth-order valence-corrected chi connectivity index (χ4v) is 2.92. The zero-order valence-electron chi connectivity index (χ0n) is 18.0. The number of hydrogen-bond acceptors (Lipinski definition) is 3. The monoisotopic (exact) mass is 434 g/mol. The second kappa shape index (κ2) is 9.94. The van der Waals surface area contributed by atoms with Gasteiger partial charge in [-0.25, -0.2) is 4.39 Å². The maximum absolute atomic E-state index is 14.2. The summed E-state index contributed by atoms with van der Waals surface area (Å²) >= 11 is 6.02. The molecule has 7 heteroatoms. The van der Waals surface area contributed by atoms with Crippen LogP contribution in [0.4, 0.5) is 4.39 Å². The van der Waals surface area contributed by atoms with Crippen LogP contribution in [0.5, 0.6) is 5.75 Å². The standard InChI is InChI=1S/C23H28ClFN2O3/c1-15-12-18(10-11-19(15)24)30-14-21(28)27(13-17-8-6-7-9-20(17)25)16(2)22(29)26-23(3,4)5/h6-12,16H,13-14H2,1-5H3,(H,26,29). The average Bonchev–Trinajstić information content (AvgIpc) is 2.66. The Bertz CT molecular complexity index is 912. The van der Waals surface area contributed by atoms with Crippen LogP contribution < -0.4 is 10.1 Å². The molecule has 0 heterocycles. The van der Waals surface area contributed by atoms with Gasteiger partial charge in [0.05, 0.1) is 0 Å². The minimum absolute atomic E-state index is 0.0484. The predicted octanol–water partition coefficient (Wildman–Crippen LogP) is 4.50. The smallest absolute Gasteiger partial charge is 0.261 e. The first-order valence-electron chi connectivity index (χ1n) is 9.72. The van der Waals surface area contributed by atoms with Crippen molar-refractivity contribution in [3.8, 4) is 5.75 Å². The van der Waals surface area contributed by atoms with Gasteiger partial charge in [0, 0.05) is 22.7 Å². The molecule has 1 unspecified atom stereocenters. The van der Waals surface area contributed by atoms with E-state index in [0.29, 0.717) is 16.3 Å². The maximum atomic E-state index is 14.2. The molecule has 0 aliphatic rings. The first-order valence-corrected chi connectivity index (χ1v) is 10.1. The summed E-state index contributed by atoms with van der Waals surface area (Å²) in [6.45, 7) is 8.68. The third kappa shape index (κ3) is 6.73. The molecule has 0 fully saturated rings. The van der Waals surface area contributed by atoms with E-state index in [9.17, 15) is 14.0 Å². The SMILES string of the molecule is Cc1cc(OCC(=O)N(Cc2ccccc2F)C(C)C(=O)NC(C)(C)C)ccc1Cl. The van der Waals surface area contributed by atoms with E-state index in [4.69, 9.17) is 16.3 Å². The molecule has 0 saturated carbocycles. The van der Waals surface area contributed by atoms with Gasteiger partial charge in [-0.2, -0.15) is 0 Å². The first kappa shape index (κ1) is 23.7. The highest BCUT2D eigenvalue weighted by Crippen LogP contribution is 2.21. The molecule has 0 bridgehead atoms. The highest BCUT2D eigenvalue weighted by atomic mass is 35.5. The Kier molecular flexibility index (Phi) is 7.84. The summed E-state index contributed by atoms with van der Waals surface area (Å²) in [6, 6.07) is 10.4. The number of nitrogens with one attached hydrogen (secondary N) is 1. The number of amides is 2. The van der Waals surface area contributed by atoms with Gasteiger partial charge in [-0.1, -0.05) is 29.8 Å². The Hall–Kier alpha value is -2.60. The van der Waals surface area contributed by atoms with E-state index in [2.05, 4.69) is 5.32 Å². The second-order valence-electron chi connectivity index (χ2n) is 8.23. The van der Waals surface area contributed by atoms with Crippen LogP contribution in [0.15, 0.2) is 42.5 Å². The molecule has 1 N–H and O–H groups in total. The van der Waals surface area contributed by atoms with Crippen LogP contribution in [-0.4, -0.2) is 34.9 Å². The highest BCUT2D eigenvalue weighted by Gasteiger charge is 2.29. The van der Waals surface area contributed by atoms with Crippen LogP contribution in [-0.2, 0) is 16.1 Å². The van der Waals surface area contributed by atoms with E-state index >= 15 is 0 Å². The van der Waals surface area contributed by atoms with E-state index in [0.717, 1.165) is 5.56 Å². The number of carbonyl (C=O) groups excluding carboxylic acids is 2. The van der Waals surface area contributed by atoms with E-state index in [1.807, 2.05) is 27.7 Å². The van der Waals surface area contributed by atoms with Gasteiger partial charge in [0.2, 0.25) is 5.91 Å². The lowest BCUT2D eigenvalue weighted by Crippen LogP contribution is -2.53. The zero-order valence-corrected chi connectivity index (χ0v) is 18.7. The molecule has 5 nitrogen and oxygen atoms in total. The number of halogens is 2. The lowest BCUT2D eigenvalue weighted by atomic mass is 10.1. The summed E-state index contributed by atoms with van der Waals surface area (Å²) in [5.74, 6) is -0.701. The van der Waals surface area contributed by atoms with Crippen LogP contribution in [0, 0.1) is 12.7 Å². The molecule has 0 aliphatic carbocycles. The van der Waals surface area contributed by atoms with Gasteiger partial charge in [0.15, 0.2) is 6.61 Å². The van der Waals surface area contributed by atoms with Crippen molar-refractivity contribution in [1.82, 2.24) is 10.2 Å². The normalized spacial score (nSPS) is 12.2. The first-order chi connectivity index (χ1) is 14.0. The van der Waals surface area contributed by atoms with Crippen molar-refractivity contribution < 1.29 is 18.7 Å². The molecule has 0 spiro atoms. The number of ether oxygens (including phenoxy) is 1. The van der Waals surface area contributed by atoms with Crippen molar-refractivity contribution in [2.75, 3.05) is 6.61 Å². The fourth-order valence-electron chi connectivity index (χ4n) is 2.80. The summed E-state index contributed by atoms with van der Waals surface area (Å²) in [5.41, 5.74) is 0.682. The van der Waals surface area contributed by atoms with Gasteiger partial charge in [-0.05, 0) is 64.4 Å². The molecule has 0 radical (unpaired) electrons. The van der Waals surface area contributed by atoms with Gasteiger partial charge in [-0.15, -0.1) is 0 Å². The van der Waals surface area contributed by atoms with Crippen molar-refractivity contribution >= 4 is 23.4 Å². The molecule has 0 aromatic heterocycles. The number of benzene rings is 2. The molecular formula is C23H28ClFN2O3. The van der Waals surface area contributed by atoms with Crippen molar-refractivity contribution in [2.45, 2.75) is 52.7 Å². The van der Waals surface area contributed by atoms with Gasteiger partial charge < -0.3 is 15.0 Å². The summed E-state index contributed by atoms with van der Waals surface area (Å²) < 4.78 is 19.8. The van der Waals surface area contributed by atoms with Gasteiger partial charge in [-0.3, -0.25) is 9.59 Å². The molecule has 1 atom stereocenters. The fraction of sp³-hybridized carbons (Fsp3) is 0.391. The number of hydrogen-bond donors (Lipinski definition) is 1. The van der Waals surface area contributed by atoms with Crippen LogP contribution in [0.25, 0.3) is 0 Å². The largest absolute Gasteiger partial charge is 0.484 e. The molecule has 2 aromatic carbocycles. The summed E-state index contributed by atoms with van der Waals surface area (Å²) in [4.78, 5) is 27.0. The van der Waals surface area contributed by atoms with Gasteiger partial charge in [0.1, 0.15) is 17.6 Å². The topological polar surface area (TPSA) is 58.6 Å². The molecule has 2 rings (SSSR count). The third-order valence-electron chi connectivity index (χ3n) is 4.46. The minimum Gasteiger partial charge on any atom is -0.484 e. The summed E-state index contributed by atoms with van der Waals surface area (Å²) in [6.07, 6.45) is 0. The molecule has 2 amide bonds. The number of carbonyl (C=O) groups is 2. The van der Waals surface area contributed by atoms with Crippen LogP contribution in [0.2, 0.25) is 5.02 Å². The second-order valence-corrected chi connectivity index (χ2v) is 8.64. The van der Waals surface area contributed by atoms with E-state index in [1.54, 1.807) is 43.3 Å². The quantitative estimate of drug-likeness (QED) is 0.698.